The van der Waals surface area contributed by atoms with E-state index in [1.165, 1.54) is 5.38 Å². The van der Waals surface area contributed by atoms with E-state index in [9.17, 15) is 18.0 Å². The summed E-state index contributed by atoms with van der Waals surface area (Å²) in [5.74, 6) is -1.91. The lowest BCUT2D eigenvalue weighted by molar-refractivity contribution is -0.137. The number of rotatable bonds is 6. The normalized spacial score (nSPS) is 12.4. The molecule has 0 amide bonds. The molecular formula is C10H14N2O5S2. The van der Waals surface area contributed by atoms with Crippen molar-refractivity contribution in [1.29, 1.82) is 0 Å². The molecule has 0 radical (unpaired) electrons. The number of aromatic amines is 1. The van der Waals surface area contributed by atoms with E-state index in [1.54, 1.807) is 13.8 Å². The Morgan fingerprint density at radius 3 is 2.68 bits per heavy atom. The first kappa shape index (κ1) is 15.6. The van der Waals surface area contributed by atoms with Gasteiger partial charge in [0, 0.05) is 5.38 Å². The molecule has 1 aromatic rings. The van der Waals surface area contributed by atoms with Crippen LogP contribution in [0.2, 0.25) is 0 Å². The Labute approximate surface area is 114 Å². The second kappa shape index (κ2) is 6.62. The van der Waals surface area contributed by atoms with Gasteiger partial charge in [0.15, 0.2) is 4.80 Å². The maximum atomic E-state index is 11.5. The highest BCUT2D eigenvalue weighted by Crippen LogP contribution is 2.01. The first-order chi connectivity index (χ1) is 8.89. The van der Waals surface area contributed by atoms with E-state index in [0.29, 0.717) is 6.42 Å². The number of hydrogen-bond acceptors (Lipinski definition) is 6. The Kier molecular flexibility index (Phi) is 5.43. The van der Waals surface area contributed by atoms with Crippen molar-refractivity contribution < 1.29 is 22.7 Å². The number of hydrogen-bond donors (Lipinski definition) is 1. The number of aromatic nitrogens is 1. The molecule has 0 saturated heterocycles. The van der Waals surface area contributed by atoms with Gasteiger partial charge in [0.25, 0.3) is 15.8 Å². The van der Waals surface area contributed by atoms with Gasteiger partial charge in [-0.2, -0.15) is 0 Å². The molecule has 19 heavy (non-hydrogen) atoms. The summed E-state index contributed by atoms with van der Waals surface area (Å²) in [5.41, 5.74) is -0.0334. The fourth-order valence-electron chi connectivity index (χ4n) is 1.18. The third kappa shape index (κ3) is 4.60. The minimum atomic E-state index is -3.55. The van der Waals surface area contributed by atoms with Crippen LogP contribution in [0, 0.1) is 0 Å². The summed E-state index contributed by atoms with van der Waals surface area (Å²) in [7, 11) is -3.55. The molecule has 0 fully saturated rings. The maximum absolute atomic E-state index is 11.5. The molecule has 0 bridgehead atoms. The van der Waals surface area contributed by atoms with Crippen LogP contribution in [0.1, 0.15) is 30.8 Å². The Hall–Kier alpha value is -1.48. The number of nitrogens with zero attached hydrogens (tertiary/aromatic N) is 1. The van der Waals surface area contributed by atoms with Crippen LogP contribution in [0.4, 0.5) is 0 Å². The van der Waals surface area contributed by atoms with Crippen LogP contribution in [-0.4, -0.2) is 37.5 Å². The van der Waals surface area contributed by atoms with Gasteiger partial charge in [-0.25, -0.2) is 13.2 Å². The largest absolute Gasteiger partial charge is 0.460 e. The summed E-state index contributed by atoms with van der Waals surface area (Å²) < 4.78 is 31.0. The van der Waals surface area contributed by atoms with Crippen LogP contribution in [0.25, 0.3) is 0 Å². The number of H-pyrrole nitrogens is 1. The zero-order chi connectivity index (χ0) is 14.5. The summed E-state index contributed by atoms with van der Waals surface area (Å²) in [6.45, 7) is 3.40. The van der Waals surface area contributed by atoms with Gasteiger partial charge in [-0.05, 0) is 13.3 Å². The number of nitrogens with one attached hydrogen (secondary N) is 1. The number of Topliss-reactive ketones (excluding diaryl/α,β-unsaturated/α-hetero) is 1. The van der Waals surface area contributed by atoms with Crippen molar-refractivity contribution in [3.63, 3.8) is 0 Å². The van der Waals surface area contributed by atoms with Gasteiger partial charge in [-0.15, -0.1) is 15.7 Å². The molecule has 0 aromatic carbocycles. The molecule has 1 heterocycles. The third-order valence-electron chi connectivity index (χ3n) is 1.92. The number of esters is 1. The molecular weight excluding hydrogens is 292 g/mol. The standard InChI is InChI=1S/C10H14N2O5S2/c1-3-5-19(15,16)12-10-11-7(6-18-10)8(13)9(14)17-4-2/h6H,3-5H2,1-2H3,(H,11,12). The number of thiazole rings is 1. The predicted molar refractivity (Wildman–Crippen MR) is 69.3 cm³/mol. The zero-order valence-electron chi connectivity index (χ0n) is 10.5. The van der Waals surface area contributed by atoms with Gasteiger partial charge >= 0.3 is 5.97 Å². The molecule has 0 spiro atoms. The predicted octanol–water partition coefficient (Wildman–Crippen LogP) is 0.463. The van der Waals surface area contributed by atoms with E-state index in [0.717, 1.165) is 11.3 Å². The van der Waals surface area contributed by atoms with E-state index < -0.39 is 21.8 Å². The summed E-state index contributed by atoms with van der Waals surface area (Å²) in [6.07, 6.45) is 0.450. The van der Waals surface area contributed by atoms with Gasteiger partial charge in [0.1, 0.15) is 5.69 Å². The Morgan fingerprint density at radius 2 is 2.11 bits per heavy atom. The average Bonchev–Trinajstić information content (AvgIpc) is 2.75. The van der Waals surface area contributed by atoms with Crippen molar-refractivity contribution in [2.45, 2.75) is 20.3 Å². The topological polar surface area (TPSA) is 106 Å². The van der Waals surface area contributed by atoms with E-state index in [4.69, 9.17) is 0 Å². The van der Waals surface area contributed by atoms with Crippen LogP contribution in [0.5, 0.6) is 0 Å². The lowest BCUT2D eigenvalue weighted by Gasteiger charge is -1.97. The Balaban J connectivity index is 2.98. The SMILES string of the molecule is CCCS(=O)(=O)N=c1[nH]c(C(=O)C(=O)OCC)cs1. The number of carbonyl (C=O) groups excluding carboxylic acids is 2. The molecule has 9 heteroatoms. The molecule has 1 aromatic heterocycles. The monoisotopic (exact) mass is 306 g/mol. The van der Waals surface area contributed by atoms with E-state index in [-0.39, 0.29) is 22.9 Å². The highest BCUT2D eigenvalue weighted by Gasteiger charge is 2.19. The van der Waals surface area contributed by atoms with Crippen LogP contribution < -0.4 is 4.80 Å². The van der Waals surface area contributed by atoms with Crippen molar-refractivity contribution in [1.82, 2.24) is 4.98 Å². The van der Waals surface area contributed by atoms with E-state index in [1.807, 2.05) is 0 Å². The summed E-state index contributed by atoms with van der Waals surface area (Å²) in [6, 6.07) is 0. The van der Waals surface area contributed by atoms with Gasteiger partial charge in [-0.3, -0.25) is 4.79 Å². The van der Waals surface area contributed by atoms with Gasteiger partial charge in [0.2, 0.25) is 0 Å². The number of carbonyl (C=O) groups is 2. The molecule has 0 aliphatic rings. The average molecular weight is 306 g/mol. The molecule has 1 N–H and O–H groups in total. The first-order valence-corrected chi connectivity index (χ1v) is 8.06. The summed E-state index contributed by atoms with van der Waals surface area (Å²) in [5, 5.41) is 1.33. The van der Waals surface area contributed by atoms with Crippen molar-refractivity contribution in [3.05, 3.63) is 15.9 Å². The molecule has 0 atom stereocenters. The molecule has 0 aliphatic carbocycles. The van der Waals surface area contributed by atoms with Crippen LogP contribution >= 0.6 is 11.3 Å². The van der Waals surface area contributed by atoms with Gasteiger partial charge in [0.05, 0.1) is 12.4 Å². The van der Waals surface area contributed by atoms with Crippen molar-refractivity contribution in [3.8, 4) is 0 Å². The summed E-state index contributed by atoms with van der Waals surface area (Å²) >= 11 is 0.936. The fourth-order valence-corrected chi connectivity index (χ4v) is 3.16. The van der Waals surface area contributed by atoms with Gasteiger partial charge in [-0.1, -0.05) is 6.92 Å². The zero-order valence-corrected chi connectivity index (χ0v) is 12.1. The van der Waals surface area contributed by atoms with Crippen LogP contribution in [0.15, 0.2) is 9.78 Å². The Morgan fingerprint density at radius 1 is 1.42 bits per heavy atom. The molecule has 0 unspecified atom stereocenters. The third-order valence-corrected chi connectivity index (χ3v) is 4.19. The highest BCUT2D eigenvalue weighted by atomic mass is 32.2. The van der Waals surface area contributed by atoms with E-state index in [2.05, 4.69) is 14.1 Å². The van der Waals surface area contributed by atoms with Crippen LogP contribution in [-0.2, 0) is 19.6 Å². The minimum Gasteiger partial charge on any atom is -0.460 e. The van der Waals surface area contributed by atoms with Crippen molar-refractivity contribution in [2.24, 2.45) is 4.40 Å². The highest BCUT2D eigenvalue weighted by molar-refractivity contribution is 7.90. The lowest BCUT2D eigenvalue weighted by atomic mass is 10.3. The van der Waals surface area contributed by atoms with Crippen LogP contribution in [0.3, 0.4) is 0 Å². The van der Waals surface area contributed by atoms with Gasteiger partial charge < -0.3 is 9.72 Å². The number of ketones is 1. The van der Waals surface area contributed by atoms with E-state index >= 15 is 0 Å². The summed E-state index contributed by atoms with van der Waals surface area (Å²) in [4.78, 5) is 25.3. The smallest absolute Gasteiger partial charge is 0.381 e. The second-order valence-corrected chi connectivity index (χ2v) is 6.12. The molecule has 0 aliphatic heterocycles. The minimum absolute atomic E-state index is 0.0334. The number of sulfonamides is 1. The quantitative estimate of drug-likeness (QED) is 0.467. The molecule has 0 saturated carbocycles. The number of ether oxygens (including phenoxy) is 1. The molecule has 1 rings (SSSR count). The molecule has 106 valence electrons. The maximum Gasteiger partial charge on any atom is 0.381 e. The Bertz CT molecular complexity index is 626. The lowest BCUT2D eigenvalue weighted by Crippen LogP contribution is -2.19. The van der Waals surface area contributed by atoms with Crippen molar-refractivity contribution >= 4 is 33.1 Å². The second-order valence-electron chi connectivity index (χ2n) is 3.51. The fraction of sp³-hybridized carbons (Fsp3) is 0.500. The first-order valence-electron chi connectivity index (χ1n) is 5.57. The van der Waals surface area contributed by atoms with Crippen molar-refractivity contribution in [2.75, 3.05) is 12.4 Å². The molecule has 7 nitrogen and oxygen atoms in total.